The second kappa shape index (κ2) is 6.58. The van der Waals surface area contributed by atoms with Crippen LogP contribution in [0.25, 0.3) is 0 Å². The lowest BCUT2D eigenvalue weighted by Gasteiger charge is -2.09. The Morgan fingerprint density at radius 1 is 1.39 bits per heavy atom. The standard InChI is InChI=1S/C14H24ClN3/c1-11-13(14(15)18(2)17-11)10-16-9-5-8-12-6-3-4-7-12/h12,16H,3-10H2,1-2H3. The molecular formula is C14H24ClN3. The summed E-state index contributed by atoms with van der Waals surface area (Å²) in [7, 11) is 1.89. The van der Waals surface area contributed by atoms with E-state index in [1.165, 1.54) is 38.5 Å². The molecule has 1 aliphatic rings. The largest absolute Gasteiger partial charge is 0.312 e. The highest BCUT2D eigenvalue weighted by atomic mass is 35.5. The maximum Gasteiger partial charge on any atom is 0.131 e. The average Bonchev–Trinajstić information content (AvgIpc) is 2.92. The van der Waals surface area contributed by atoms with E-state index >= 15 is 0 Å². The van der Waals surface area contributed by atoms with Gasteiger partial charge in [0.25, 0.3) is 0 Å². The Bertz CT molecular complexity index is 381. The van der Waals surface area contributed by atoms with E-state index in [9.17, 15) is 0 Å². The lowest BCUT2D eigenvalue weighted by atomic mass is 10.0. The zero-order valence-corrected chi connectivity index (χ0v) is 12.3. The highest BCUT2D eigenvalue weighted by Crippen LogP contribution is 2.28. The molecule has 102 valence electrons. The second-order valence-electron chi connectivity index (χ2n) is 5.45. The number of aryl methyl sites for hydroxylation is 2. The van der Waals surface area contributed by atoms with Crippen molar-refractivity contribution < 1.29 is 0 Å². The first-order chi connectivity index (χ1) is 8.68. The van der Waals surface area contributed by atoms with Gasteiger partial charge >= 0.3 is 0 Å². The molecule has 1 fully saturated rings. The smallest absolute Gasteiger partial charge is 0.131 e. The number of hydrogen-bond donors (Lipinski definition) is 1. The van der Waals surface area contributed by atoms with Crippen molar-refractivity contribution in [3.8, 4) is 0 Å². The van der Waals surface area contributed by atoms with E-state index in [1.54, 1.807) is 4.68 Å². The number of halogens is 1. The minimum atomic E-state index is 0.760. The van der Waals surface area contributed by atoms with Crippen molar-refractivity contribution in [2.24, 2.45) is 13.0 Å². The zero-order valence-electron chi connectivity index (χ0n) is 11.5. The van der Waals surface area contributed by atoms with E-state index < -0.39 is 0 Å². The number of nitrogens with zero attached hydrogens (tertiary/aromatic N) is 2. The summed E-state index contributed by atoms with van der Waals surface area (Å²) in [6, 6.07) is 0. The highest BCUT2D eigenvalue weighted by molar-refractivity contribution is 6.30. The van der Waals surface area contributed by atoms with Gasteiger partial charge in [0, 0.05) is 19.2 Å². The van der Waals surface area contributed by atoms with Crippen molar-refractivity contribution in [1.29, 1.82) is 0 Å². The van der Waals surface area contributed by atoms with Gasteiger partial charge in [-0.3, -0.25) is 4.68 Å². The SMILES string of the molecule is Cc1nn(C)c(Cl)c1CNCCCC1CCCC1. The quantitative estimate of drug-likeness (QED) is 0.802. The van der Waals surface area contributed by atoms with Crippen LogP contribution in [0.4, 0.5) is 0 Å². The fourth-order valence-corrected chi connectivity index (χ4v) is 3.14. The van der Waals surface area contributed by atoms with Crippen molar-refractivity contribution in [3.05, 3.63) is 16.4 Å². The molecule has 1 N–H and O–H groups in total. The van der Waals surface area contributed by atoms with Crippen molar-refractivity contribution in [1.82, 2.24) is 15.1 Å². The lowest BCUT2D eigenvalue weighted by molar-refractivity contribution is 0.470. The number of aromatic nitrogens is 2. The summed E-state index contributed by atoms with van der Waals surface area (Å²) in [6.07, 6.45) is 8.46. The summed E-state index contributed by atoms with van der Waals surface area (Å²) in [4.78, 5) is 0. The van der Waals surface area contributed by atoms with Crippen LogP contribution in [0.3, 0.4) is 0 Å². The van der Waals surface area contributed by atoms with Crippen LogP contribution in [0, 0.1) is 12.8 Å². The van der Waals surface area contributed by atoms with Gasteiger partial charge in [0.15, 0.2) is 0 Å². The van der Waals surface area contributed by atoms with Crippen molar-refractivity contribution >= 4 is 11.6 Å². The van der Waals surface area contributed by atoms with Crippen LogP contribution in [0.1, 0.15) is 49.8 Å². The fraction of sp³-hybridized carbons (Fsp3) is 0.786. The molecule has 1 aliphatic carbocycles. The van der Waals surface area contributed by atoms with Gasteiger partial charge in [-0.05, 0) is 32.2 Å². The molecule has 2 rings (SSSR count). The molecular weight excluding hydrogens is 246 g/mol. The van der Waals surface area contributed by atoms with Crippen LogP contribution >= 0.6 is 11.6 Å². The Kier molecular flexibility index (Phi) is 5.07. The summed E-state index contributed by atoms with van der Waals surface area (Å²) in [5.41, 5.74) is 2.17. The fourth-order valence-electron chi connectivity index (χ4n) is 2.90. The van der Waals surface area contributed by atoms with Gasteiger partial charge < -0.3 is 5.32 Å². The molecule has 0 unspecified atom stereocenters. The molecule has 0 atom stereocenters. The predicted octanol–water partition coefficient (Wildman–Crippen LogP) is 3.44. The van der Waals surface area contributed by atoms with E-state index in [-0.39, 0.29) is 0 Å². The van der Waals surface area contributed by atoms with Gasteiger partial charge in [0.1, 0.15) is 5.15 Å². The van der Waals surface area contributed by atoms with Crippen molar-refractivity contribution in [2.75, 3.05) is 6.54 Å². The third-order valence-electron chi connectivity index (χ3n) is 4.01. The minimum Gasteiger partial charge on any atom is -0.312 e. The van der Waals surface area contributed by atoms with Gasteiger partial charge in [-0.2, -0.15) is 5.10 Å². The molecule has 0 saturated heterocycles. The molecule has 0 amide bonds. The van der Waals surface area contributed by atoms with Gasteiger partial charge in [0.05, 0.1) is 5.69 Å². The summed E-state index contributed by atoms with van der Waals surface area (Å²) in [5.74, 6) is 0.996. The van der Waals surface area contributed by atoms with Crippen LogP contribution < -0.4 is 5.32 Å². The lowest BCUT2D eigenvalue weighted by Crippen LogP contribution is -2.16. The zero-order chi connectivity index (χ0) is 13.0. The molecule has 0 bridgehead atoms. The Labute approximate surface area is 115 Å². The van der Waals surface area contributed by atoms with Crippen LogP contribution in [0.15, 0.2) is 0 Å². The first-order valence-electron chi connectivity index (χ1n) is 7.07. The van der Waals surface area contributed by atoms with E-state index in [0.29, 0.717) is 0 Å². The maximum atomic E-state index is 6.19. The highest BCUT2D eigenvalue weighted by Gasteiger charge is 2.14. The van der Waals surface area contributed by atoms with Crippen LogP contribution in [0.2, 0.25) is 5.15 Å². The molecule has 1 heterocycles. The van der Waals surface area contributed by atoms with E-state index in [1.807, 2.05) is 14.0 Å². The molecule has 0 radical (unpaired) electrons. The molecule has 1 saturated carbocycles. The Balaban J connectivity index is 1.65. The average molecular weight is 270 g/mol. The minimum absolute atomic E-state index is 0.760. The van der Waals surface area contributed by atoms with E-state index in [4.69, 9.17) is 11.6 Å². The molecule has 1 aromatic rings. The van der Waals surface area contributed by atoms with Gasteiger partial charge in [-0.15, -0.1) is 0 Å². The van der Waals surface area contributed by atoms with Crippen molar-refractivity contribution in [2.45, 2.75) is 52.0 Å². The summed E-state index contributed by atoms with van der Waals surface area (Å²) in [6.45, 7) is 3.94. The Morgan fingerprint density at radius 3 is 2.72 bits per heavy atom. The maximum absolute atomic E-state index is 6.19. The summed E-state index contributed by atoms with van der Waals surface area (Å²) >= 11 is 6.19. The number of rotatable bonds is 6. The first kappa shape index (κ1) is 13.9. The summed E-state index contributed by atoms with van der Waals surface area (Å²) in [5, 5.41) is 8.56. The molecule has 0 spiro atoms. The molecule has 0 aliphatic heterocycles. The topological polar surface area (TPSA) is 29.9 Å². The van der Waals surface area contributed by atoms with Crippen LogP contribution in [0.5, 0.6) is 0 Å². The normalized spacial score (nSPS) is 16.6. The van der Waals surface area contributed by atoms with Crippen LogP contribution in [-0.4, -0.2) is 16.3 Å². The molecule has 3 nitrogen and oxygen atoms in total. The third kappa shape index (κ3) is 3.48. The third-order valence-corrected chi connectivity index (χ3v) is 4.49. The molecule has 0 aromatic carbocycles. The second-order valence-corrected chi connectivity index (χ2v) is 5.81. The number of hydrogen-bond acceptors (Lipinski definition) is 2. The molecule has 4 heteroatoms. The Morgan fingerprint density at radius 2 is 2.11 bits per heavy atom. The predicted molar refractivity (Wildman–Crippen MR) is 75.9 cm³/mol. The molecule has 1 aromatic heterocycles. The Hall–Kier alpha value is -0.540. The van der Waals surface area contributed by atoms with Gasteiger partial charge in [-0.25, -0.2) is 0 Å². The van der Waals surface area contributed by atoms with Crippen LogP contribution in [-0.2, 0) is 13.6 Å². The van der Waals surface area contributed by atoms with E-state index in [0.717, 1.165) is 35.4 Å². The molecule has 18 heavy (non-hydrogen) atoms. The first-order valence-corrected chi connectivity index (χ1v) is 7.45. The van der Waals surface area contributed by atoms with E-state index in [2.05, 4.69) is 10.4 Å². The summed E-state index contributed by atoms with van der Waals surface area (Å²) < 4.78 is 1.74. The monoisotopic (exact) mass is 269 g/mol. The van der Waals surface area contributed by atoms with Gasteiger partial charge in [0.2, 0.25) is 0 Å². The van der Waals surface area contributed by atoms with Gasteiger partial charge in [-0.1, -0.05) is 37.3 Å². The van der Waals surface area contributed by atoms with Crippen molar-refractivity contribution in [3.63, 3.8) is 0 Å². The number of nitrogens with one attached hydrogen (secondary N) is 1.